The molecular weight excluding hydrogens is 433 g/mol. The molecule has 2 aromatic carbocycles. The summed E-state index contributed by atoms with van der Waals surface area (Å²) in [5, 5.41) is 0. The second-order valence-electron chi connectivity index (χ2n) is 8.01. The van der Waals surface area contributed by atoms with Gasteiger partial charge in [0.25, 0.3) is 0 Å². The molecule has 2 aromatic rings. The number of hydrogen-bond donors (Lipinski definition) is 0. The number of carbonyl (C=O) groups excluding carboxylic acids is 1. The summed E-state index contributed by atoms with van der Waals surface area (Å²) in [6.45, 7) is 3.76. The van der Waals surface area contributed by atoms with Gasteiger partial charge in [-0.15, -0.1) is 0 Å². The maximum atomic E-state index is 14.0. The molecule has 0 atom stereocenters. The normalized spacial score (nSPS) is 14.6. The molecule has 0 unspecified atom stereocenters. The van der Waals surface area contributed by atoms with Crippen LogP contribution in [0.15, 0.2) is 53.4 Å². The highest BCUT2D eigenvalue weighted by Gasteiger charge is 2.23. The maximum absolute atomic E-state index is 14.0. The summed E-state index contributed by atoms with van der Waals surface area (Å²) in [5.74, 6) is 0.333. The van der Waals surface area contributed by atoms with Crippen molar-refractivity contribution >= 4 is 21.4 Å². The lowest BCUT2D eigenvalue weighted by Crippen LogP contribution is -2.51. The van der Waals surface area contributed by atoms with Crippen molar-refractivity contribution in [1.82, 2.24) is 9.80 Å². The van der Waals surface area contributed by atoms with Crippen molar-refractivity contribution in [3.8, 4) is 5.75 Å². The highest BCUT2D eigenvalue weighted by atomic mass is 32.2. The first-order chi connectivity index (χ1) is 15.2. The van der Waals surface area contributed by atoms with Crippen molar-refractivity contribution in [1.29, 1.82) is 0 Å². The minimum atomic E-state index is -3.27. The zero-order valence-electron chi connectivity index (χ0n) is 18.5. The van der Waals surface area contributed by atoms with Gasteiger partial charge in [0.05, 0.1) is 23.7 Å². The van der Waals surface area contributed by atoms with Crippen LogP contribution in [0.4, 0.5) is 10.1 Å². The van der Waals surface area contributed by atoms with E-state index >= 15 is 0 Å². The van der Waals surface area contributed by atoms with Crippen LogP contribution >= 0.6 is 0 Å². The number of halogens is 1. The summed E-state index contributed by atoms with van der Waals surface area (Å²) in [4.78, 5) is 18.6. The molecular formula is C23H30FN3O4S. The number of carbonyl (C=O) groups is 1. The highest BCUT2D eigenvalue weighted by Crippen LogP contribution is 2.20. The number of anilines is 1. The van der Waals surface area contributed by atoms with Gasteiger partial charge >= 0.3 is 0 Å². The lowest BCUT2D eigenvalue weighted by Gasteiger charge is -2.36. The van der Waals surface area contributed by atoms with E-state index in [1.165, 1.54) is 18.2 Å². The van der Waals surface area contributed by atoms with E-state index in [1.807, 2.05) is 27.8 Å². The van der Waals surface area contributed by atoms with E-state index in [1.54, 1.807) is 24.3 Å². The monoisotopic (exact) mass is 463 g/mol. The Bertz CT molecular complexity index is 1020. The van der Waals surface area contributed by atoms with Crippen molar-refractivity contribution < 1.29 is 22.3 Å². The van der Waals surface area contributed by atoms with Crippen molar-refractivity contribution in [3.63, 3.8) is 0 Å². The summed E-state index contributed by atoms with van der Waals surface area (Å²) in [7, 11) is -1.38. The van der Waals surface area contributed by atoms with Gasteiger partial charge in [-0.25, -0.2) is 12.8 Å². The van der Waals surface area contributed by atoms with Crippen molar-refractivity contribution in [3.05, 3.63) is 54.3 Å². The van der Waals surface area contributed by atoms with Gasteiger partial charge in [0.2, 0.25) is 5.91 Å². The van der Waals surface area contributed by atoms with Crippen LogP contribution < -0.4 is 9.64 Å². The Kier molecular flexibility index (Phi) is 8.09. The topological polar surface area (TPSA) is 70.2 Å². The van der Waals surface area contributed by atoms with Gasteiger partial charge in [0, 0.05) is 39.0 Å². The van der Waals surface area contributed by atoms with E-state index < -0.39 is 9.84 Å². The molecule has 1 aliphatic rings. The lowest BCUT2D eigenvalue weighted by molar-refractivity contribution is -0.132. The Hall–Kier alpha value is -2.65. The van der Waals surface area contributed by atoms with Crippen LogP contribution in [0.3, 0.4) is 0 Å². The fourth-order valence-electron chi connectivity index (χ4n) is 3.63. The number of sulfone groups is 1. The molecule has 0 aliphatic carbocycles. The molecule has 1 fully saturated rings. The van der Waals surface area contributed by atoms with Crippen LogP contribution in [-0.2, 0) is 14.6 Å². The number of nitrogens with zero attached hydrogens (tertiary/aromatic N) is 3. The zero-order chi connectivity index (χ0) is 23.1. The maximum Gasteiger partial charge on any atom is 0.236 e. The Balaban J connectivity index is 1.37. The molecule has 0 bridgehead atoms. The molecule has 174 valence electrons. The van der Waals surface area contributed by atoms with Gasteiger partial charge in [0.1, 0.15) is 11.6 Å². The molecule has 0 radical (unpaired) electrons. The van der Waals surface area contributed by atoms with Gasteiger partial charge in [-0.2, -0.15) is 0 Å². The van der Waals surface area contributed by atoms with E-state index in [9.17, 15) is 17.6 Å². The summed E-state index contributed by atoms with van der Waals surface area (Å²) >= 11 is 0. The Morgan fingerprint density at radius 3 is 2.50 bits per heavy atom. The van der Waals surface area contributed by atoms with Crippen molar-refractivity contribution in [2.75, 3.05) is 64.1 Å². The zero-order valence-corrected chi connectivity index (χ0v) is 19.4. The molecule has 0 saturated carbocycles. The van der Waals surface area contributed by atoms with Gasteiger partial charge in [-0.1, -0.05) is 18.2 Å². The highest BCUT2D eigenvalue weighted by molar-refractivity contribution is 7.90. The van der Waals surface area contributed by atoms with Crippen molar-refractivity contribution in [2.24, 2.45) is 0 Å². The van der Waals surface area contributed by atoms with Crippen LogP contribution in [0.1, 0.15) is 6.42 Å². The van der Waals surface area contributed by atoms with Crippen LogP contribution in [0.2, 0.25) is 0 Å². The lowest BCUT2D eigenvalue weighted by atomic mass is 10.2. The summed E-state index contributed by atoms with van der Waals surface area (Å²) < 4.78 is 42.9. The van der Waals surface area contributed by atoms with Gasteiger partial charge < -0.3 is 14.5 Å². The summed E-state index contributed by atoms with van der Waals surface area (Å²) in [6.07, 6.45) is 1.87. The molecule has 1 heterocycles. The fraction of sp³-hybridized carbons (Fsp3) is 0.435. The second kappa shape index (κ2) is 10.8. The molecule has 0 spiro atoms. The van der Waals surface area contributed by atoms with E-state index in [2.05, 4.69) is 0 Å². The average molecular weight is 464 g/mol. The van der Waals surface area contributed by atoms with Crippen LogP contribution in [0.25, 0.3) is 0 Å². The summed E-state index contributed by atoms with van der Waals surface area (Å²) in [6, 6.07) is 13.1. The molecule has 1 amide bonds. The van der Waals surface area contributed by atoms with E-state index in [0.717, 1.165) is 6.26 Å². The minimum absolute atomic E-state index is 0.0578. The van der Waals surface area contributed by atoms with E-state index in [-0.39, 0.29) is 16.6 Å². The Morgan fingerprint density at radius 1 is 1.09 bits per heavy atom. The molecule has 1 aliphatic heterocycles. The van der Waals surface area contributed by atoms with Gasteiger partial charge in [0.15, 0.2) is 9.84 Å². The number of benzene rings is 2. The van der Waals surface area contributed by atoms with Crippen LogP contribution in [-0.4, -0.2) is 83.3 Å². The molecule has 0 N–H and O–H groups in total. The second-order valence-corrected chi connectivity index (χ2v) is 10.0. The number of piperazine rings is 1. The molecule has 0 aromatic heterocycles. The van der Waals surface area contributed by atoms with E-state index in [0.29, 0.717) is 63.7 Å². The largest absolute Gasteiger partial charge is 0.494 e. The summed E-state index contributed by atoms with van der Waals surface area (Å²) in [5.41, 5.74) is 0.582. The molecule has 3 rings (SSSR count). The van der Waals surface area contributed by atoms with Gasteiger partial charge in [-0.3, -0.25) is 9.69 Å². The average Bonchev–Trinajstić information content (AvgIpc) is 2.77. The molecule has 32 heavy (non-hydrogen) atoms. The predicted molar refractivity (Wildman–Crippen MR) is 122 cm³/mol. The third-order valence-electron chi connectivity index (χ3n) is 5.42. The SMILES string of the molecule is CN(CCCOc1cccc(S(C)(=O)=O)c1)CC(=O)N1CCN(c2ccccc2F)CC1. The Morgan fingerprint density at radius 2 is 1.81 bits per heavy atom. The first-order valence-corrected chi connectivity index (χ1v) is 12.5. The third-order valence-corrected chi connectivity index (χ3v) is 6.53. The number of likely N-dealkylation sites (N-methyl/N-ethyl adjacent to an activating group) is 1. The predicted octanol–water partition coefficient (Wildman–Crippen LogP) is 2.28. The van der Waals surface area contributed by atoms with Crippen LogP contribution in [0.5, 0.6) is 5.75 Å². The van der Waals surface area contributed by atoms with E-state index in [4.69, 9.17) is 4.74 Å². The number of hydrogen-bond acceptors (Lipinski definition) is 6. The van der Waals surface area contributed by atoms with Crippen LogP contribution in [0, 0.1) is 5.82 Å². The number of ether oxygens (including phenoxy) is 1. The number of rotatable bonds is 9. The molecule has 9 heteroatoms. The van der Waals surface area contributed by atoms with Crippen molar-refractivity contribution in [2.45, 2.75) is 11.3 Å². The molecule has 1 saturated heterocycles. The first kappa shape index (κ1) is 24.0. The third kappa shape index (κ3) is 6.67. The fourth-order valence-corrected chi connectivity index (χ4v) is 4.29. The molecule has 7 nitrogen and oxygen atoms in total. The van der Waals surface area contributed by atoms with Gasteiger partial charge in [-0.05, 0) is 43.8 Å². The quantitative estimate of drug-likeness (QED) is 0.532. The Labute approximate surface area is 189 Å². The number of para-hydroxylation sites is 1. The smallest absolute Gasteiger partial charge is 0.236 e. The number of amides is 1. The first-order valence-electron chi connectivity index (χ1n) is 10.6. The standard InChI is InChI=1S/C23H30FN3O4S/c1-25(11-6-16-31-19-7-5-8-20(17-19)32(2,29)30)18-23(28)27-14-12-26(13-15-27)22-10-4-3-9-21(22)24/h3-5,7-10,17H,6,11-16,18H2,1-2H3. The minimum Gasteiger partial charge on any atom is -0.494 e.